The van der Waals surface area contributed by atoms with E-state index in [1.54, 1.807) is 14.2 Å². The van der Waals surface area contributed by atoms with Crippen LogP contribution in [0, 0.1) is 0 Å². The summed E-state index contributed by atoms with van der Waals surface area (Å²) >= 11 is 0. The number of carboxylic acid groups (broad SMARTS) is 2. The number of aliphatic hydroxyl groups is 2. The molecule has 0 heterocycles. The molecule has 0 saturated carbocycles. The van der Waals surface area contributed by atoms with Crippen LogP contribution >= 0.6 is 0 Å². The molecule has 6 N–H and O–H groups in total. The first kappa shape index (κ1) is 36.5. The summed E-state index contributed by atoms with van der Waals surface area (Å²) in [6, 6.07) is 22.8. The van der Waals surface area contributed by atoms with Crippen molar-refractivity contribution in [2.75, 3.05) is 27.4 Å². The lowest BCUT2D eigenvalue weighted by Crippen LogP contribution is -2.39. The van der Waals surface area contributed by atoms with Crippen LogP contribution in [0.1, 0.15) is 57.3 Å². The lowest BCUT2D eigenvalue weighted by Gasteiger charge is -2.15. The van der Waals surface area contributed by atoms with E-state index in [-0.39, 0.29) is 13.1 Å². The average Bonchev–Trinajstić information content (AvgIpc) is 3.76. The summed E-state index contributed by atoms with van der Waals surface area (Å²) in [5.41, 5.74) is 13.8. The van der Waals surface area contributed by atoms with Crippen LogP contribution in [-0.2, 0) is 35.5 Å². The van der Waals surface area contributed by atoms with Crippen LogP contribution in [-0.4, -0.2) is 71.9 Å². The molecule has 0 spiro atoms. The van der Waals surface area contributed by atoms with E-state index >= 15 is 0 Å². The number of aliphatic hydroxyl groups excluding tert-OH is 2. The first-order chi connectivity index (χ1) is 25.2. The molecule has 2 atom stereocenters. The van der Waals surface area contributed by atoms with E-state index in [1.807, 2.05) is 36.4 Å². The molecule has 2 aliphatic rings. The molecule has 0 bridgehead atoms. The fourth-order valence-electron chi connectivity index (χ4n) is 7.23. The number of aliphatic carboxylic acids is 2. The number of fused-ring (bicyclic) bond motifs is 2. The van der Waals surface area contributed by atoms with Crippen molar-refractivity contribution in [3.63, 3.8) is 0 Å². The third kappa shape index (κ3) is 7.80. The van der Waals surface area contributed by atoms with Crippen molar-refractivity contribution in [3.05, 3.63) is 117 Å². The summed E-state index contributed by atoms with van der Waals surface area (Å²) in [4.78, 5) is 22.6. The number of rotatable bonds is 15. The molecule has 52 heavy (non-hydrogen) atoms. The zero-order chi connectivity index (χ0) is 36.8. The fourth-order valence-corrected chi connectivity index (χ4v) is 7.23. The molecule has 0 unspecified atom stereocenters. The number of carbonyl (C=O) groups is 2. The van der Waals surface area contributed by atoms with Crippen LogP contribution < -0.4 is 20.1 Å². The van der Waals surface area contributed by atoms with Gasteiger partial charge < -0.3 is 29.9 Å². The Morgan fingerprint density at radius 1 is 0.635 bits per heavy atom. The lowest BCUT2D eigenvalue weighted by molar-refractivity contribution is -0.141. The van der Waals surface area contributed by atoms with Crippen LogP contribution in [0.2, 0.25) is 0 Å². The van der Waals surface area contributed by atoms with E-state index in [9.17, 15) is 30.0 Å². The maximum Gasteiger partial charge on any atom is 0.323 e. The standard InChI is InChI=1S/C42H44N2O8/c1-51-39-19-25(9-11-29(39)21-43-37(23-45)41(47)48)17-27-13-15-35-31(27)5-3-7-33(35)34-8-4-6-32-28(14-16-36(32)34)18-26-10-12-30(40(20-26)52-2)22-44-38(24-46)42(49)50/h3-12,17-20,37-38,43-46H,13-16,21-24H2,1-2H3,(H,47,48)(H,49,50)/b27-17+,28-18+/t37-,38-/m0/s1. The zero-order valence-corrected chi connectivity index (χ0v) is 29.3. The van der Waals surface area contributed by atoms with E-state index in [0.717, 1.165) is 47.9 Å². The molecule has 270 valence electrons. The summed E-state index contributed by atoms with van der Waals surface area (Å²) in [6.07, 6.45) is 8.11. The summed E-state index contributed by atoms with van der Waals surface area (Å²) in [5.74, 6) is -0.907. The van der Waals surface area contributed by atoms with Gasteiger partial charge in [0.15, 0.2) is 0 Å². The molecule has 0 saturated heterocycles. The predicted molar refractivity (Wildman–Crippen MR) is 201 cm³/mol. The number of methoxy groups -OCH3 is 2. The van der Waals surface area contributed by atoms with Gasteiger partial charge in [0.2, 0.25) is 0 Å². The molecule has 0 aromatic heterocycles. The van der Waals surface area contributed by atoms with Crippen molar-refractivity contribution in [1.82, 2.24) is 10.6 Å². The fraction of sp³-hybridized carbons (Fsp3) is 0.286. The number of hydrogen-bond donors (Lipinski definition) is 6. The molecule has 0 fully saturated rings. The second-order valence-electron chi connectivity index (χ2n) is 13.1. The van der Waals surface area contributed by atoms with Crippen molar-refractivity contribution < 1.29 is 39.5 Å². The van der Waals surface area contributed by atoms with Gasteiger partial charge in [-0.3, -0.25) is 20.2 Å². The Hall–Kier alpha value is -5.26. The second-order valence-corrected chi connectivity index (χ2v) is 13.1. The quantitative estimate of drug-likeness (QED) is 0.0945. The highest BCUT2D eigenvalue weighted by Crippen LogP contribution is 2.44. The van der Waals surface area contributed by atoms with E-state index in [2.05, 4.69) is 59.2 Å². The molecule has 4 aromatic rings. The van der Waals surface area contributed by atoms with Gasteiger partial charge >= 0.3 is 11.9 Å². The van der Waals surface area contributed by atoms with Gasteiger partial charge in [0.25, 0.3) is 0 Å². The molecule has 0 aliphatic heterocycles. The molecule has 4 aromatic carbocycles. The molecule has 2 aliphatic carbocycles. The third-order valence-corrected chi connectivity index (χ3v) is 9.97. The first-order valence-corrected chi connectivity index (χ1v) is 17.4. The van der Waals surface area contributed by atoms with Crippen molar-refractivity contribution in [2.24, 2.45) is 0 Å². The Morgan fingerprint density at radius 2 is 1.04 bits per heavy atom. The SMILES string of the molecule is COc1cc(/C=C2\CCc3c2cccc3-c2cccc3c2CC/C3=C\c2ccc(CN[C@@H](CO)C(=O)O)c(OC)c2)ccc1CN[C@@H](CO)C(=O)O. The van der Waals surface area contributed by atoms with Gasteiger partial charge in [-0.1, -0.05) is 72.8 Å². The molecule has 10 heteroatoms. The minimum Gasteiger partial charge on any atom is -0.496 e. The average molecular weight is 705 g/mol. The van der Waals surface area contributed by atoms with E-state index in [4.69, 9.17) is 9.47 Å². The molecule has 0 amide bonds. The molecular formula is C42H44N2O8. The zero-order valence-electron chi connectivity index (χ0n) is 29.3. The van der Waals surface area contributed by atoms with Crippen LogP contribution in [0.15, 0.2) is 72.8 Å². The molecule has 10 nitrogen and oxygen atoms in total. The number of benzene rings is 4. The summed E-state index contributed by atoms with van der Waals surface area (Å²) in [7, 11) is 3.19. The van der Waals surface area contributed by atoms with Crippen LogP contribution in [0.3, 0.4) is 0 Å². The summed E-state index contributed by atoms with van der Waals surface area (Å²) in [5, 5.41) is 42.9. The van der Waals surface area contributed by atoms with Crippen molar-refractivity contribution in [1.29, 1.82) is 0 Å². The molecule has 6 rings (SSSR count). The summed E-state index contributed by atoms with van der Waals surface area (Å²) in [6.45, 7) is -0.488. The van der Waals surface area contributed by atoms with Gasteiger partial charge in [-0.25, -0.2) is 0 Å². The van der Waals surface area contributed by atoms with E-state index in [0.29, 0.717) is 11.5 Å². The molecule has 0 radical (unpaired) electrons. The third-order valence-electron chi connectivity index (χ3n) is 9.97. The normalized spacial score (nSPS) is 16.1. The number of allylic oxidation sites excluding steroid dienone is 2. The minimum absolute atomic E-state index is 0.253. The number of carboxylic acids is 2. The van der Waals surface area contributed by atoms with Crippen LogP contribution in [0.25, 0.3) is 34.4 Å². The van der Waals surface area contributed by atoms with Crippen molar-refractivity contribution >= 4 is 35.2 Å². The highest BCUT2D eigenvalue weighted by Gasteiger charge is 2.25. The van der Waals surface area contributed by atoms with Crippen LogP contribution in [0.5, 0.6) is 11.5 Å². The monoisotopic (exact) mass is 704 g/mol. The highest BCUT2D eigenvalue weighted by molar-refractivity contribution is 5.93. The van der Waals surface area contributed by atoms with Crippen LogP contribution in [0.4, 0.5) is 0 Å². The minimum atomic E-state index is -1.10. The lowest BCUT2D eigenvalue weighted by atomic mass is 9.91. The topological polar surface area (TPSA) is 158 Å². The number of hydrogen-bond acceptors (Lipinski definition) is 8. The molecular weight excluding hydrogens is 660 g/mol. The Bertz CT molecular complexity index is 1890. The van der Waals surface area contributed by atoms with Gasteiger partial charge in [0.1, 0.15) is 23.6 Å². The van der Waals surface area contributed by atoms with Gasteiger partial charge in [-0.05, 0) is 93.5 Å². The Morgan fingerprint density at radius 3 is 1.40 bits per heavy atom. The van der Waals surface area contributed by atoms with Crippen molar-refractivity contribution in [3.8, 4) is 22.6 Å². The van der Waals surface area contributed by atoms with Gasteiger partial charge in [-0.2, -0.15) is 0 Å². The van der Waals surface area contributed by atoms with Gasteiger partial charge in [-0.15, -0.1) is 0 Å². The Balaban J connectivity index is 1.24. The Kier molecular flexibility index (Phi) is 11.5. The smallest absolute Gasteiger partial charge is 0.323 e. The summed E-state index contributed by atoms with van der Waals surface area (Å²) < 4.78 is 11.3. The van der Waals surface area contributed by atoms with Gasteiger partial charge in [0.05, 0.1) is 27.4 Å². The Labute approximate surface area is 303 Å². The van der Waals surface area contributed by atoms with Crippen molar-refractivity contribution in [2.45, 2.75) is 50.9 Å². The van der Waals surface area contributed by atoms with Gasteiger partial charge in [0, 0.05) is 24.2 Å². The van der Waals surface area contributed by atoms with E-state index in [1.165, 1.54) is 44.5 Å². The predicted octanol–water partition coefficient (Wildman–Crippen LogP) is 5.41. The number of ether oxygens (including phenoxy) is 2. The largest absolute Gasteiger partial charge is 0.496 e. The first-order valence-electron chi connectivity index (χ1n) is 17.4. The highest BCUT2D eigenvalue weighted by atomic mass is 16.5. The maximum atomic E-state index is 11.3. The number of nitrogens with one attached hydrogen (secondary N) is 2. The van der Waals surface area contributed by atoms with E-state index < -0.39 is 37.2 Å². The second kappa shape index (κ2) is 16.4. The maximum absolute atomic E-state index is 11.3.